The number of rotatable bonds is 7. The molecule has 8 nitrogen and oxygen atoms in total. The molecule has 10 heteroatoms. The van der Waals surface area contributed by atoms with Gasteiger partial charge >= 0.3 is 5.97 Å². The fraction of sp³-hybridized carbons (Fsp3) is 0.0769. The molecule has 0 aliphatic carbocycles. The largest absolute Gasteiger partial charge is 0.462 e. The quantitative estimate of drug-likeness (QED) is 0.325. The Hall–Kier alpha value is -4.14. The van der Waals surface area contributed by atoms with Crippen molar-refractivity contribution in [2.24, 2.45) is 0 Å². The number of nitrogens with zero attached hydrogens (tertiary/aromatic N) is 1. The minimum absolute atomic E-state index is 0.154. The predicted molar refractivity (Wildman–Crippen MR) is 137 cm³/mol. The minimum Gasteiger partial charge on any atom is -0.462 e. The highest BCUT2D eigenvalue weighted by Gasteiger charge is 2.39. The molecule has 0 unspecified atom stereocenters. The highest BCUT2D eigenvalue weighted by Crippen LogP contribution is 2.31. The average molecular weight is 524 g/mol. The summed E-state index contributed by atoms with van der Waals surface area (Å²) < 4.78 is 4.98. The first-order chi connectivity index (χ1) is 17.3. The second-order valence-electron chi connectivity index (χ2n) is 7.57. The van der Waals surface area contributed by atoms with E-state index in [-0.39, 0.29) is 34.5 Å². The van der Waals surface area contributed by atoms with Crippen LogP contribution in [0.4, 0.5) is 17.1 Å². The zero-order chi connectivity index (χ0) is 25.8. The zero-order valence-corrected chi connectivity index (χ0v) is 20.4. The molecular formula is C26H19Cl2N3O5. The van der Waals surface area contributed by atoms with Gasteiger partial charge in [-0.1, -0.05) is 35.3 Å². The molecule has 1 aliphatic heterocycles. The number of imide groups is 1. The summed E-state index contributed by atoms with van der Waals surface area (Å²) in [5.41, 5.74) is 1.44. The Morgan fingerprint density at radius 1 is 0.861 bits per heavy atom. The first-order valence-electron chi connectivity index (χ1n) is 10.8. The fourth-order valence-electron chi connectivity index (χ4n) is 3.45. The van der Waals surface area contributed by atoms with Crippen molar-refractivity contribution in [2.75, 3.05) is 22.1 Å². The van der Waals surface area contributed by atoms with E-state index in [1.54, 1.807) is 49.4 Å². The number of esters is 1. The van der Waals surface area contributed by atoms with Gasteiger partial charge in [-0.25, -0.2) is 9.69 Å². The van der Waals surface area contributed by atoms with Gasteiger partial charge in [-0.2, -0.15) is 0 Å². The second kappa shape index (κ2) is 10.6. The Kier molecular flexibility index (Phi) is 7.38. The van der Waals surface area contributed by atoms with E-state index >= 15 is 0 Å². The van der Waals surface area contributed by atoms with Crippen LogP contribution in [0.1, 0.15) is 27.6 Å². The van der Waals surface area contributed by atoms with Gasteiger partial charge in [-0.05, 0) is 67.6 Å². The van der Waals surface area contributed by atoms with Crippen LogP contribution in [0, 0.1) is 0 Å². The summed E-state index contributed by atoms with van der Waals surface area (Å²) in [5.74, 6) is -2.42. The number of hydrogen-bond acceptors (Lipinski definition) is 6. The molecule has 182 valence electrons. The van der Waals surface area contributed by atoms with Crippen molar-refractivity contribution in [3.63, 3.8) is 0 Å². The Bertz CT molecular complexity index is 1400. The maximum absolute atomic E-state index is 13.1. The van der Waals surface area contributed by atoms with Crippen LogP contribution in [0.2, 0.25) is 5.02 Å². The van der Waals surface area contributed by atoms with E-state index in [0.29, 0.717) is 22.0 Å². The van der Waals surface area contributed by atoms with Gasteiger partial charge < -0.3 is 15.4 Å². The SMILES string of the molecule is CCOC(=O)c1cccc(N2C(=O)C(Cl)=C(Nc3cccc(C(=O)Nc4ccc(Cl)cc4)c3)C2=O)c1. The zero-order valence-electron chi connectivity index (χ0n) is 18.9. The number of carbonyl (C=O) groups is 4. The molecule has 0 saturated carbocycles. The highest BCUT2D eigenvalue weighted by atomic mass is 35.5. The minimum atomic E-state index is -0.748. The fourth-order valence-corrected chi connectivity index (χ4v) is 3.79. The average Bonchev–Trinajstić information content (AvgIpc) is 3.08. The van der Waals surface area contributed by atoms with Gasteiger partial charge in [0.15, 0.2) is 0 Å². The van der Waals surface area contributed by atoms with Gasteiger partial charge in [-0.15, -0.1) is 0 Å². The Morgan fingerprint density at radius 3 is 2.28 bits per heavy atom. The molecule has 0 aromatic heterocycles. The first-order valence-corrected chi connectivity index (χ1v) is 11.5. The van der Waals surface area contributed by atoms with Gasteiger partial charge in [0.1, 0.15) is 10.7 Å². The van der Waals surface area contributed by atoms with Crippen LogP contribution in [0.5, 0.6) is 0 Å². The lowest BCUT2D eigenvalue weighted by atomic mass is 10.1. The van der Waals surface area contributed by atoms with Gasteiger partial charge in [-0.3, -0.25) is 14.4 Å². The third-order valence-corrected chi connectivity index (χ3v) is 5.74. The topological polar surface area (TPSA) is 105 Å². The lowest BCUT2D eigenvalue weighted by molar-refractivity contribution is -0.120. The molecule has 1 heterocycles. The van der Waals surface area contributed by atoms with E-state index in [1.165, 1.54) is 30.3 Å². The molecule has 36 heavy (non-hydrogen) atoms. The normalized spacial score (nSPS) is 13.1. The van der Waals surface area contributed by atoms with Gasteiger partial charge in [0.2, 0.25) is 0 Å². The first kappa shape index (κ1) is 25.0. The van der Waals surface area contributed by atoms with Crippen molar-refractivity contribution in [2.45, 2.75) is 6.92 Å². The summed E-state index contributed by atoms with van der Waals surface area (Å²) in [4.78, 5) is 51.5. The molecule has 2 N–H and O–H groups in total. The van der Waals surface area contributed by atoms with E-state index in [9.17, 15) is 19.2 Å². The van der Waals surface area contributed by atoms with Crippen molar-refractivity contribution in [1.29, 1.82) is 0 Å². The van der Waals surface area contributed by atoms with Gasteiger partial charge in [0.05, 0.1) is 17.9 Å². The van der Waals surface area contributed by atoms with E-state index in [4.69, 9.17) is 27.9 Å². The van der Waals surface area contributed by atoms with Crippen LogP contribution < -0.4 is 15.5 Å². The summed E-state index contributed by atoms with van der Waals surface area (Å²) in [5, 5.41) is 5.82. The summed E-state index contributed by atoms with van der Waals surface area (Å²) >= 11 is 12.1. The molecule has 3 amide bonds. The third kappa shape index (κ3) is 5.25. The summed E-state index contributed by atoms with van der Waals surface area (Å²) in [6.45, 7) is 1.86. The second-order valence-corrected chi connectivity index (χ2v) is 8.39. The number of ether oxygens (including phenoxy) is 1. The smallest absolute Gasteiger partial charge is 0.338 e. The van der Waals surface area contributed by atoms with Crippen molar-refractivity contribution >= 4 is 64.0 Å². The van der Waals surface area contributed by atoms with Gasteiger partial charge in [0.25, 0.3) is 17.7 Å². The van der Waals surface area contributed by atoms with Crippen molar-refractivity contribution < 1.29 is 23.9 Å². The van der Waals surface area contributed by atoms with Crippen molar-refractivity contribution in [3.8, 4) is 0 Å². The number of hydrogen-bond donors (Lipinski definition) is 2. The number of nitrogens with one attached hydrogen (secondary N) is 2. The van der Waals surface area contributed by atoms with E-state index in [2.05, 4.69) is 10.6 Å². The molecular weight excluding hydrogens is 505 g/mol. The molecule has 1 aliphatic rings. The standard InChI is InChI=1S/C26H19Cl2N3O5/c1-2-36-26(35)16-6-4-8-20(14-16)31-24(33)21(28)22(25(31)34)29-19-7-3-5-15(13-19)23(32)30-18-11-9-17(27)10-12-18/h3-14,29H,2H2,1H3,(H,30,32). The van der Waals surface area contributed by atoms with Crippen LogP contribution in [-0.2, 0) is 14.3 Å². The van der Waals surface area contributed by atoms with Crippen LogP contribution >= 0.6 is 23.2 Å². The maximum Gasteiger partial charge on any atom is 0.338 e. The number of anilines is 3. The Morgan fingerprint density at radius 2 is 1.56 bits per heavy atom. The van der Waals surface area contributed by atoms with E-state index < -0.39 is 17.8 Å². The lowest BCUT2D eigenvalue weighted by Gasteiger charge is -2.16. The Labute approximate surface area is 216 Å². The van der Waals surface area contributed by atoms with Crippen molar-refractivity contribution in [3.05, 3.63) is 99.7 Å². The van der Waals surface area contributed by atoms with Crippen LogP contribution in [0.15, 0.2) is 83.5 Å². The van der Waals surface area contributed by atoms with E-state index in [1.807, 2.05) is 0 Å². The molecule has 0 bridgehead atoms. The highest BCUT2D eigenvalue weighted by molar-refractivity contribution is 6.53. The van der Waals surface area contributed by atoms with Gasteiger partial charge in [0, 0.05) is 22.0 Å². The molecule has 0 saturated heterocycles. The van der Waals surface area contributed by atoms with Crippen LogP contribution in [-0.4, -0.2) is 30.3 Å². The molecule has 3 aromatic rings. The number of amides is 3. The number of halogens is 2. The molecule has 0 radical (unpaired) electrons. The Balaban J connectivity index is 1.53. The lowest BCUT2D eigenvalue weighted by Crippen LogP contribution is -2.32. The monoisotopic (exact) mass is 523 g/mol. The molecule has 0 fully saturated rings. The number of benzene rings is 3. The molecule has 3 aromatic carbocycles. The molecule has 4 rings (SSSR count). The molecule has 0 atom stereocenters. The van der Waals surface area contributed by atoms with E-state index in [0.717, 1.165) is 4.90 Å². The number of carbonyl (C=O) groups excluding carboxylic acids is 4. The van der Waals surface area contributed by atoms with Crippen molar-refractivity contribution in [1.82, 2.24) is 0 Å². The van der Waals surface area contributed by atoms with Crippen LogP contribution in [0.25, 0.3) is 0 Å². The van der Waals surface area contributed by atoms with Crippen LogP contribution in [0.3, 0.4) is 0 Å². The predicted octanol–water partition coefficient (Wildman–Crippen LogP) is 5.20. The third-order valence-electron chi connectivity index (χ3n) is 5.14. The summed E-state index contributed by atoms with van der Waals surface area (Å²) in [6, 6.07) is 18.9. The summed E-state index contributed by atoms with van der Waals surface area (Å²) in [6.07, 6.45) is 0. The maximum atomic E-state index is 13.1. The summed E-state index contributed by atoms with van der Waals surface area (Å²) in [7, 11) is 0. The molecule has 0 spiro atoms.